The van der Waals surface area contributed by atoms with Crippen LogP contribution in [0.5, 0.6) is 0 Å². The van der Waals surface area contributed by atoms with Crippen LogP contribution in [0.1, 0.15) is 37.2 Å². The van der Waals surface area contributed by atoms with Crippen molar-refractivity contribution in [3.63, 3.8) is 0 Å². The van der Waals surface area contributed by atoms with Crippen molar-refractivity contribution in [3.05, 3.63) is 35.9 Å². The van der Waals surface area contributed by atoms with Crippen molar-refractivity contribution in [1.29, 1.82) is 5.26 Å². The van der Waals surface area contributed by atoms with Gasteiger partial charge in [0.25, 0.3) is 0 Å². The molecule has 0 bridgehead atoms. The van der Waals surface area contributed by atoms with Gasteiger partial charge < -0.3 is 10.2 Å². The van der Waals surface area contributed by atoms with Gasteiger partial charge in [0.05, 0.1) is 12.5 Å². The van der Waals surface area contributed by atoms with Crippen LogP contribution in [-0.2, 0) is 4.79 Å². The number of benzene rings is 1. The molecule has 1 aromatic carbocycles. The van der Waals surface area contributed by atoms with Crippen molar-refractivity contribution in [2.75, 3.05) is 32.7 Å². The Bertz CT molecular complexity index is 795. The fourth-order valence-electron chi connectivity index (χ4n) is 5.11. The number of nitrogens with zero attached hydrogens (tertiary/aromatic N) is 3. The first-order valence-corrected chi connectivity index (χ1v) is 10.6. The topological polar surface area (TPSA) is 59.4 Å². The Balaban J connectivity index is 1.41. The normalized spacial score (nSPS) is 26.5. The van der Waals surface area contributed by atoms with E-state index in [1.54, 1.807) is 0 Å². The maximum absolute atomic E-state index is 13.3. The van der Waals surface area contributed by atoms with Gasteiger partial charge in [-0.05, 0) is 37.9 Å². The number of rotatable bonds is 6. The molecule has 0 radical (unpaired) electrons. The highest BCUT2D eigenvalue weighted by atomic mass is 19.4. The van der Waals surface area contributed by atoms with E-state index in [9.17, 15) is 23.2 Å². The van der Waals surface area contributed by atoms with Crippen molar-refractivity contribution in [2.45, 2.75) is 49.4 Å². The summed E-state index contributed by atoms with van der Waals surface area (Å²) in [6.07, 6.45) is -2.10. The molecule has 1 amide bonds. The van der Waals surface area contributed by atoms with Gasteiger partial charge in [-0.2, -0.15) is 18.4 Å². The minimum Gasteiger partial charge on any atom is -0.331 e. The number of nitrogens with one attached hydrogen (secondary N) is 1. The Labute approximate surface area is 174 Å². The van der Waals surface area contributed by atoms with E-state index in [0.717, 1.165) is 36.4 Å². The number of hydrogen-bond acceptors (Lipinski definition) is 4. The van der Waals surface area contributed by atoms with Crippen LogP contribution < -0.4 is 5.32 Å². The fourth-order valence-corrected chi connectivity index (χ4v) is 5.11. The predicted molar refractivity (Wildman–Crippen MR) is 105 cm³/mol. The Kier molecular flexibility index (Phi) is 5.78. The number of likely N-dealkylation sites (tertiary alicyclic amines) is 1. The lowest BCUT2D eigenvalue weighted by Crippen LogP contribution is -2.64. The lowest BCUT2D eigenvalue weighted by Gasteiger charge is -2.54. The number of piperidine rings is 1. The molecule has 0 spiro atoms. The quantitative estimate of drug-likeness (QED) is 0.769. The largest absolute Gasteiger partial charge is 0.471 e. The molecule has 162 valence electrons. The summed E-state index contributed by atoms with van der Waals surface area (Å²) < 4.78 is 39.8. The Morgan fingerprint density at radius 2 is 1.90 bits per heavy atom. The molecular formula is C22H27F3N4O. The molecule has 3 aliphatic rings. The summed E-state index contributed by atoms with van der Waals surface area (Å²) in [4.78, 5) is 15.5. The first kappa shape index (κ1) is 21.1. The van der Waals surface area contributed by atoms with E-state index in [2.05, 4.69) is 16.3 Å². The molecule has 3 fully saturated rings. The minimum atomic E-state index is -4.86. The van der Waals surface area contributed by atoms with Gasteiger partial charge in [0, 0.05) is 43.1 Å². The molecule has 1 aliphatic carbocycles. The van der Waals surface area contributed by atoms with Crippen molar-refractivity contribution in [2.24, 2.45) is 5.92 Å². The van der Waals surface area contributed by atoms with Crippen LogP contribution in [0.15, 0.2) is 30.3 Å². The van der Waals surface area contributed by atoms with E-state index in [4.69, 9.17) is 0 Å². The minimum absolute atomic E-state index is 0.0128. The van der Waals surface area contributed by atoms with Crippen molar-refractivity contribution in [1.82, 2.24) is 15.1 Å². The third-order valence-corrected chi connectivity index (χ3v) is 6.91. The third-order valence-electron chi connectivity index (χ3n) is 6.91. The molecule has 2 saturated heterocycles. The molecule has 1 aromatic rings. The monoisotopic (exact) mass is 420 g/mol. The molecule has 2 heterocycles. The fraction of sp³-hybridized carbons (Fsp3) is 0.636. The van der Waals surface area contributed by atoms with Crippen LogP contribution in [0.2, 0.25) is 0 Å². The summed E-state index contributed by atoms with van der Waals surface area (Å²) in [5.74, 6) is -1.74. The highest BCUT2D eigenvalue weighted by molar-refractivity contribution is 5.82. The van der Waals surface area contributed by atoms with E-state index in [0.29, 0.717) is 25.9 Å². The summed E-state index contributed by atoms with van der Waals surface area (Å²) in [5.41, 5.74) is 0.807. The zero-order valence-corrected chi connectivity index (χ0v) is 16.9. The van der Waals surface area contributed by atoms with Gasteiger partial charge in [0.2, 0.25) is 0 Å². The molecule has 8 heteroatoms. The summed E-state index contributed by atoms with van der Waals surface area (Å²) >= 11 is 0. The molecule has 2 atom stereocenters. The Hall–Kier alpha value is -2.11. The second-order valence-electron chi connectivity index (χ2n) is 8.86. The number of hydrogen-bond donors (Lipinski definition) is 1. The summed E-state index contributed by atoms with van der Waals surface area (Å²) in [7, 11) is 0. The number of nitriles is 1. The molecule has 5 nitrogen and oxygen atoms in total. The first-order chi connectivity index (χ1) is 14.3. The van der Waals surface area contributed by atoms with Crippen LogP contribution in [-0.4, -0.2) is 66.2 Å². The summed E-state index contributed by atoms with van der Waals surface area (Å²) in [6, 6.07) is 11.3. The van der Waals surface area contributed by atoms with Crippen LogP contribution in [0.3, 0.4) is 0 Å². The second-order valence-corrected chi connectivity index (χ2v) is 8.86. The van der Waals surface area contributed by atoms with E-state index in [1.165, 1.54) is 0 Å². The van der Waals surface area contributed by atoms with Gasteiger partial charge in [0.15, 0.2) is 0 Å². The van der Waals surface area contributed by atoms with Crippen LogP contribution >= 0.6 is 0 Å². The number of carbonyl (C=O) groups is 1. The zero-order valence-electron chi connectivity index (χ0n) is 16.9. The zero-order chi connectivity index (χ0) is 21.4. The molecule has 4 rings (SSSR count). The number of carbonyl (C=O) groups excluding carboxylic acids is 1. The highest BCUT2D eigenvalue weighted by Crippen LogP contribution is 2.46. The summed E-state index contributed by atoms with van der Waals surface area (Å²) in [6.45, 7) is 3.12. The smallest absolute Gasteiger partial charge is 0.331 e. The number of alkyl halides is 3. The van der Waals surface area contributed by atoms with E-state index < -0.39 is 12.1 Å². The molecule has 2 aliphatic heterocycles. The molecule has 1 saturated carbocycles. The van der Waals surface area contributed by atoms with Gasteiger partial charge in [-0.3, -0.25) is 9.69 Å². The van der Waals surface area contributed by atoms with Crippen LogP contribution in [0, 0.1) is 17.2 Å². The number of halogens is 3. The third kappa shape index (κ3) is 4.19. The first-order valence-electron chi connectivity index (χ1n) is 10.6. The summed E-state index contributed by atoms with van der Waals surface area (Å²) in [5, 5.41) is 12.6. The van der Waals surface area contributed by atoms with Gasteiger partial charge in [0.1, 0.15) is 0 Å². The maximum Gasteiger partial charge on any atom is 0.471 e. The molecule has 1 N–H and O–H groups in total. The Morgan fingerprint density at radius 3 is 2.50 bits per heavy atom. The van der Waals surface area contributed by atoms with Gasteiger partial charge in [-0.1, -0.05) is 30.3 Å². The lowest BCUT2D eigenvalue weighted by molar-refractivity contribution is -0.188. The van der Waals surface area contributed by atoms with Crippen molar-refractivity contribution < 1.29 is 18.0 Å². The Morgan fingerprint density at radius 1 is 1.23 bits per heavy atom. The van der Waals surface area contributed by atoms with E-state index >= 15 is 0 Å². The van der Waals surface area contributed by atoms with Crippen LogP contribution in [0.25, 0.3) is 0 Å². The van der Waals surface area contributed by atoms with E-state index in [-0.39, 0.29) is 30.0 Å². The molecule has 30 heavy (non-hydrogen) atoms. The molecular weight excluding hydrogens is 393 g/mol. The lowest BCUT2D eigenvalue weighted by atomic mass is 9.79. The second kappa shape index (κ2) is 8.20. The average Bonchev–Trinajstić information content (AvgIpc) is 3.48. The van der Waals surface area contributed by atoms with Crippen molar-refractivity contribution in [3.8, 4) is 6.07 Å². The maximum atomic E-state index is 13.3. The van der Waals surface area contributed by atoms with Gasteiger partial charge in [-0.25, -0.2) is 0 Å². The molecule has 2 unspecified atom stereocenters. The van der Waals surface area contributed by atoms with Gasteiger partial charge in [-0.15, -0.1) is 0 Å². The highest BCUT2D eigenvalue weighted by Gasteiger charge is 2.53. The number of amides is 1. The predicted octanol–water partition coefficient (Wildman–Crippen LogP) is 2.90. The van der Waals surface area contributed by atoms with Gasteiger partial charge >= 0.3 is 12.1 Å². The standard InChI is InChI=1S/C22H27F3N4O/c23-22(24,25)20(30)29(19-12-18(19)17-4-2-1-3-5-17)15-16-13-28(14-16)21(6-9-26)7-10-27-11-8-21/h1-5,16,18-19,27H,6-8,10-15H2. The molecule has 0 aromatic heterocycles. The average molecular weight is 420 g/mol. The SMILES string of the molecule is N#CCC1(N2CC(CN(C(=O)C(F)(F)F)C3CC3c3ccccc3)C2)CCNCC1. The van der Waals surface area contributed by atoms with Crippen molar-refractivity contribution >= 4 is 5.91 Å². The van der Waals surface area contributed by atoms with Crippen LogP contribution in [0.4, 0.5) is 13.2 Å². The van der Waals surface area contributed by atoms with E-state index in [1.807, 2.05) is 30.3 Å².